The minimum atomic E-state index is -0.486. The van der Waals surface area contributed by atoms with Crippen molar-refractivity contribution in [3.63, 3.8) is 0 Å². The van der Waals surface area contributed by atoms with Crippen molar-refractivity contribution in [2.24, 2.45) is 7.05 Å². The van der Waals surface area contributed by atoms with E-state index in [2.05, 4.69) is 15.7 Å². The number of amides is 2. The molecule has 1 aromatic heterocycles. The van der Waals surface area contributed by atoms with Gasteiger partial charge in [-0.3, -0.25) is 14.3 Å². The van der Waals surface area contributed by atoms with Gasteiger partial charge in [-0.15, -0.1) is 5.10 Å². The first-order valence-corrected chi connectivity index (χ1v) is 6.82. The Kier molecular flexibility index (Phi) is 4.95. The Morgan fingerprint density at radius 1 is 1.39 bits per heavy atom. The lowest BCUT2D eigenvalue weighted by Crippen LogP contribution is -2.32. The number of hydrogen-bond acceptors (Lipinski definition) is 4. The Morgan fingerprint density at radius 2 is 2.13 bits per heavy atom. The van der Waals surface area contributed by atoms with Gasteiger partial charge < -0.3 is 15.4 Å². The van der Waals surface area contributed by atoms with Crippen molar-refractivity contribution < 1.29 is 18.7 Å². The highest BCUT2D eigenvalue weighted by Crippen LogP contribution is 2.15. The maximum atomic E-state index is 13.4. The number of methoxy groups -OCH3 is 1. The van der Waals surface area contributed by atoms with Gasteiger partial charge in [-0.2, -0.15) is 0 Å². The molecule has 2 amide bonds. The number of benzene rings is 1. The molecule has 0 aliphatic heterocycles. The van der Waals surface area contributed by atoms with Crippen molar-refractivity contribution in [3.8, 4) is 5.88 Å². The number of nitrogens with zero attached hydrogens (tertiary/aromatic N) is 2. The Bertz CT molecular complexity index is 742. The van der Waals surface area contributed by atoms with E-state index in [4.69, 9.17) is 4.74 Å². The summed E-state index contributed by atoms with van der Waals surface area (Å²) in [5.41, 5.74) is 1.04. The van der Waals surface area contributed by atoms with Crippen molar-refractivity contribution in [3.05, 3.63) is 41.3 Å². The minimum Gasteiger partial charge on any atom is -0.479 e. The molecule has 0 radical (unpaired) electrons. The number of rotatable bonds is 5. The summed E-state index contributed by atoms with van der Waals surface area (Å²) in [5.74, 6) is -1.19. The SMILES string of the molecule is COc1nn(C)cc1C(=O)NCC(=O)Nc1ccc(C)c(F)c1. The van der Waals surface area contributed by atoms with Gasteiger partial charge in [-0.25, -0.2) is 4.39 Å². The molecule has 0 saturated carbocycles. The first kappa shape index (κ1) is 16.5. The number of aryl methyl sites for hydroxylation is 2. The molecule has 122 valence electrons. The Balaban J connectivity index is 1.93. The zero-order valence-electron chi connectivity index (χ0n) is 13.0. The van der Waals surface area contributed by atoms with Gasteiger partial charge in [-0.05, 0) is 24.6 Å². The molecule has 23 heavy (non-hydrogen) atoms. The maximum absolute atomic E-state index is 13.4. The number of nitrogens with one attached hydrogen (secondary N) is 2. The molecule has 0 fully saturated rings. The number of hydrogen-bond donors (Lipinski definition) is 2. The smallest absolute Gasteiger partial charge is 0.258 e. The lowest BCUT2D eigenvalue weighted by Gasteiger charge is -2.07. The fraction of sp³-hybridized carbons (Fsp3) is 0.267. The summed E-state index contributed by atoms with van der Waals surface area (Å²) in [6, 6.07) is 4.37. The van der Waals surface area contributed by atoms with Crippen molar-refractivity contribution in [2.75, 3.05) is 19.0 Å². The van der Waals surface area contributed by atoms with Crippen LogP contribution in [0.5, 0.6) is 5.88 Å². The van der Waals surface area contributed by atoms with E-state index in [1.54, 1.807) is 26.1 Å². The van der Waals surface area contributed by atoms with Crippen molar-refractivity contribution in [1.82, 2.24) is 15.1 Å². The fourth-order valence-corrected chi connectivity index (χ4v) is 1.91. The molecule has 0 bridgehead atoms. The second kappa shape index (κ2) is 6.91. The van der Waals surface area contributed by atoms with Gasteiger partial charge in [0.1, 0.15) is 11.4 Å². The molecule has 2 aromatic rings. The minimum absolute atomic E-state index is 0.172. The van der Waals surface area contributed by atoms with Crippen LogP contribution in [0.25, 0.3) is 0 Å². The summed E-state index contributed by atoms with van der Waals surface area (Å²) in [6.07, 6.45) is 1.49. The molecule has 0 aliphatic rings. The highest BCUT2D eigenvalue weighted by molar-refractivity contribution is 6.00. The summed E-state index contributed by atoms with van der Waals surface area (Å²) in [6.45, 7) is 1.37. The summed E-state index contributed by atoms with van der Waals surface area (Å²) in [7, 11) is 3.05. The summed E-state index contributed by atoms with van der Waals surface area (Å²) >= 11 is 0. The number of carbonyl (C=O) groups is 2. The van der Waals surface area contributed by atoms with E-state index in [9.17, 15) is 14.0 Å². The van der Waals surface area contributed by atoms with Crippen molar-refractivity contribution in [1.29, 1.82) is 0 Å². The Hall–Kier alpha value is -2.90. The van der Waals surface area contributed by atoms with Crippen LogP contribution in [0.3, 0.4) is 0 Å². The third-order valence-corrected chi connectivity index (χ3v) is 3.10. The number of aromatic nitrogens is 2. The highest BCUT2D eigenvalue weighted by atomic mass is 19.1. The lowest BCUT2D eigenvalue weighted by molar-refractivity contribution is -0.115. The highest BCUT2D eigenvalue weighted by Gasteiger charge is 2.17. The quantitative estimate of drug-likeness (QED) is 0.868. The first-order chi connectivity index (χ1) is 10.9. The van der Waals surface area contributed by atoms with E-state index in [1.807, 2.05) is 0 Å². The summed E-state index contributed by atoms with van der Waals surface area (Å²) < 4.78 is 19.8. The van der Waals surface area contributed by atoms with Gasteiger partial charge in [0, 0.05) is 18.9 Å². The largest absolute Gasteiger partial charge is 0.479 e. The molecule has 0 unspecified atom stereocenters. The molecule has 1 aromatic carbocycles. The van der Waals surface area contributed by atoms with Gasteiger partial charge in [-0.1, -0.05) is 6.07 Å². The number of halogens is 1. The molecular formula is C15H17FN4O3. The molecule has 7 nitrogen and oxygen atoms in total. The maximum Gasteiger partial charge on any atom is 0.258 e. The van der Waals surface area contributed by atoms with Crippen LogP contribution in [0.2, 0.25) is 0 Å². The van der Waals surface area contributed by atoms with E-state index in [1.165, 1.54) is 24.1 Å². The van der Waals surface area contributed by atoms with E-state index in [0.29, 0.717) is 11.3 Å². The lowest BCUT2D eigenvalue weighted by atomic mass is 10.2. The summed E-state index contributed by atoms with van der Waals surface area (Å²) in [5, 5.41) is 8.91. The number of carbonyl (C=O) groups excluding carboxylic acids is 2. The zero-order valence-corrected chi connectivity index (χ0v) is 13.0. The zero-order chi connectivity index (χ0) is 17.0. The molecule has 0 saturated heterocycles. The number of ether oxygens (including phenoxy) is 1. The van der Waals surface area contributed by atoms with Crippen LogP contribution in [0.15, 0.2) is 24.4 Å². The standard InChI is InChI=1S/C15H17FN4O3/c1-9-4-5-10(6-12(9)16)18-13(21)7-17-14(22)11-8-20(2)19-15(11)23-3/h4-6,8H,7H2,1-3H3,(H,17,22)(H,18,21). The van der Waals surface area contributed by atoms with Crippen molar-refractivity contribution >= 4 is 17.5 Å². The van der Waals surface area contributed by atoms with Crippen LogP contribution < -0.4 is 15.4 Å². The van der Waals surface area contributed by atoms with Gasteiger partial charge in [0.2, 0.25) is 11.8 Å². The second-order valence-corrected chi connectivity index (χ2v) is 4.92. The predicted molar refractivity (Wildman–Crippen MR) is 81.9 cm³/mol. The van der Waals surface area contributed by atoms with Gasteiger partial charge >= 0.3 is 0 Å². The number of anilines is 1. The van der Waals surface area contributed by atoms with Crippen LogP contribution in [-0.4, -0.2) is 35.2 Å². The fourth-order valence-electron chi connectivity index (χ4n) is 1.91. The summed E-state index contributed by atoms with van der Waals surface area (Å²) in [4.78, 5) is 23.8. The Labute approximate surface area is 132 Å². The van der Waals surface area contributed by atoms with E-state index in [-0.39, 0.29) is 18.0 Å². The van der Waals surface area contributed by atoms with E-state index in [0.717, 1.165) is 0 Å². The van der Waals surface area contributed by atoms with Crippen LogP contribution in [-0.2, 0) is 11.8 Å². The van der Waals surface area contributed by atoms with E-state index < -0.39 is 17.6 Å². The molecule has 1 heterocycles. The van der Waals surface area contributed by atoms with Gasteiger partial charge in [0.25, 0.3) is 5.91 Å². The van der Waals surface area contributed by atoms with Crippen LogP contribution in [0.4, 0.5) is 10.1 Å². The Morgan fingerprint density at radius 3 is 2.78 bits per heavy atom. The van der Waals surface area contributed by atoms with Crippen LogP contribution >= 0.6 is 0 Å². The average Bonchev–Trinajstić information content (AvgIpc) is 2.90. The molecule has 0 atom stereocenters. The molecule has 2 N–H and O–H groups in total. The van der Waals surface area contributed by atoms with Gasteiger partial charge in [0.05, 0.1) is 13.7 Å². The monoisotopic (exact) mass is 320 g/mol. The third-order valence-electron chi connectivity index (χ3n) is 3.10. The molecule has 8 heteroatoms. The second-order valence-electron chi connectivity index (χ2n) is 4.92. The van der Waals surface area contributed by atoms with E-state index >= 15 is 0 Å². The van der Waals surface area contributed by atoms with Gasteiger partial charge in [0.15, 0.2) is 0 Å². The predicted octanol–water partition coefficient (Wildman–Crippen LogP) is 1.24. The molecule has 2 rings (SSSR count). The first-order valence-electron chi connectivity index (χ1n) is 6.82. The topological polar surface area (TPSA) is 85.2 Å². The molecule has 0 spiro atoms. The normalized spacial score (nSPS) is 10.3. The molecular weight excluding hydrogens is 303 g/mol. The average molecular weight is 320 g/mol. The van der Waals surface area contributed by atoms with Crippen LogP contribution in [0.1, 0.15) is 15.9 Å². The molecule has 0 aliphatic carbocycles. The van der Waals surface area contributed by atoms with Crippen LogP contribution in [0, 0.1) is 12.7 Å². The van der Waals surface area contributed by atoms with Crippen molar-refractivity contribution in [2.45, 2.75) is 6.92 Å². The third kappa shape index (κ3) is 4.06.